The van der Waals surface area contributed by atoms with Crippen molar-refractivity contribution in [2.75, 3.05) is 7.05 Å². The van der Waals surface area contributed by atoms with Crippen LogP contribution in [0, 0.1) is 5.92 Å². The third-order valence-corrected chi connectivity index (χ3v) is 4.86. The number of nitrogens with one attached hydrogen (secondary N) is 1. The third kappa shape index (κ3) is 3.18. The van der Waals surface area contributed by atoms with Crippen molar-refractivity contribution in [2.24, 2.45) is 5.92 Å². The van der Waals surface area contributed by atoms with Crippen molar-refractivity contribution >= 4 is 22.9 Å². The average Bonchev–Trinajstić information content (AvgIpc) is 2.81. The molecule has 0 bridgehead atoms. The van der Waals surface area contributed by atoms with E-state index >= 15 is 0 Å². The van der Waals surface area contributed by atoms with Gasteiger partial charge in [-0.3, -0.25) is 0 Å². The highest BCUT2D eigenvalue weighted by Crippen LogP contribution is 2.43. The second kappa shape index (κ2) is 5.21. The Kier molecular flexibility index (Phi) is 4.06. The van der Waals surface area contributed by atoms with Crippen molar-refractivity contribution < 1.29 is 8.78 Å². The molecule has 1 nitrogen and oxygen atoms in total. The van der Waals surface area contributed by atoms with Gasteiger partial charge in [-0.25, -0.2) is 8.78 Å². The topological polar surface area (TPSA) is 12.0 Å². The lowest BCUT2D eigenvalue weighted by Gasteiger charge is -2.19. The number of thiophene rings is 1. The highest BCUT2D eigenvalue weighted by molar-refractivity contribution is 7.10. The van der Waals surface area contributed by atoms with Crippen LogP contribution in [0.1, 0.15) is 36.6 Å². The quantitative estimate of drug-likeness (QED) is 0.856. The second-order valence-corrected chi connectivity index (χ2v) is 6.03. The summed E-state index contributed by atoms with van der Waals surface area (Å²) >= 11 is 7.66. The summed E-state index contributed by atoms with van der Waals surface area (Å²) in [5.41, 5.74) is 0. The van der Waals surface area contributed by atoms with Crippen molar-refractivity contribution in [1.82, 2.24) is 5.32 Å². The summed E-state index contributed by atoms with van der Waals surface area (Å²) in [6.45, 7) is 0. The molecule has 1 heterocycles. The smallest absolute Gasteiger partial charge is 0.248 e. The van der Waals surface area contributed by atoms with Crippen LogP contribution in [-0.4, -0.2) is 13.0 Å². The molecule has 2 atom stereocenters. The largest absolute Gasteiger partial charge is 0.312 e. The van der Waals surface area contributed by atoms with Crippen molar-refractivity contribution in [3.63, 3.8) is 0 Å². The Morgan fingerprint density at radius 2 is 2.41 bits per heavy atom. The molecule has 1 aromatic heterocycles. The van der Waals surface area contributed by atoms with Gasteiger partial charge in [-0.15, -0.1) is 11.3 Å². The summed E-state index contributed by atoms with van der Waals surface area (Å²) in [4.78, 5) is 1.06. The molecule has 0 spiro atoms. The molecule has 1 fully saturated rings. The van der Waals surface area contributed by atoms with E-state index in [1.807, 2.05) is 18.5 Å². The summed E-state index contributed by atoms with van der Waals surface area (Å²) in [6, 6.07) is 1.95. The Morgan fingerprint density at radius 1 is 1.65 bits per heavy atom. The summed E-state index contributed by atoms with van der Waals surface area (Å²) in [5, 5.41) is 5.85. The molecule has 1 aromatic rings. The number of hydrogen-bond acceptors (Lipinski definition) is 2. The van der Waals surface area contributed by atoms with Gasteiger partial charge in [0.15, 0.2) is 0 Å². The minimum atomic E-state index is -2.46. The number of halogens is 3. The first kappa shape index (κ1) is 13.2. The first-order valence-electron chi connectivity index (χ1n) is 5.80. The van der Waals surface area contributed by atoms with Crippen LogP contribution >= 0.6 is 22.9 Å². The van der Waals surface area contributed by atoms with E-state index < -0.39 is 5.92 Å². The van der Waals surface area contributed by atoms with E-state index in [-0.39, 0.29) is 24.8 Å². The van der Waals surface area contributed by atoms with Crippen LogP contribution in [0.15, 0.2) is 11.4 Å². The molecule has 1 N–H and O–H groups in total. The average molecular weight is 280 g/mol. The lowest BCUT2D eigenvalue weighted by Crippen LogP contribution is -2.19. The molecule has 0 aromatic carbocycles. The molecule has 0 aliphatic heterocycles. The van der Waals surface area contributed by atoms with E-state index in [2.05, 4.69) is 5.32 Å². The molecular weight excluding hydrogens is 264 g/mol. The van der Waals surface area contributed by atoms with Crippen LogP contribution in [0.4, 0.5) is 8.78 Å². The van der Waals surface area contributed by atoms with E-state index in [0.717, 1.165) is 16.3 Å². The Balaban J connectivity index is 2.00. The maximum atomic E-state index is 13.1. The zero-order chi connectivity index (χ0) is 12.5. The van der Waals surface area contributed by atoms with Crippen LogP contribution in [-0.2, 0) is 0 Å². The van der Waals surface area contributed by atoms with Gasteiger partial charge in [0, 0.05) is 23.8 Å². The molecule has 2 unspecified atom stereocenters. The summed E-state index contributed by atoms with van der Waals surface area (Å²) in [7, 11) is 1.85. The monoisotopic (exact) mass is 279 g/mol. The first-order valence-corrected chi connectivity index (χ1v) is 7.05. The predicted molar refractivity (Wildman–Crippen MR) is 68.0 cm³/mol. The predicted octanol–water partition coefficient (Wildman–Crippen LogP) is 4.49. The maximum Gasteiger partial charge on any atom is 0.248 e. The second-order valence-electron chi connectivity index (χ2n) is 4.67. The van der Waals surface area contributed by atoms with Crippen molar-refractivity contribution in [3.8, 4) is 0 Å². The van der Waals surface area contributed by atoms with Crippen LogP contribution in [0.2, 0.25) is 5.02 Å². The van der Waals surface area contributed by atoms with Crippen LogP contribution in [0.5, 0.6) is 0 Å². The normalized spacial score (nSPS) is 25.1. The van der Waals surface area contributed by atoms with Gasteiger partial charge in [-0.05, 0) is 37.3 Å². The Morgan fingerprint density at radius 3 is 2.88 bits per heavy atom. The maximum absolute atomic E-state index is 13.1. The lowest BCUT2D eigenvalue weighted by atomic mass is 9.97. The zero-order valence-electron chi connectivity index (χ0n) is 9.68. The van der Waals surface area contributed by atoms with Crippen LogP contribution in [0.3, 0.4) is 0 Å². The van der Waals surface area contributed by atoms with Gasteiger partial charge in [-0.2, -0.15) is 0 Å². The summed E-state index contributed by atoms with van der Waals surface area (Å²) < 4.78 is 26.3. The molecule has 0 radical (unpaired) electrons. The fraction of sp³-hybridized carbons (Fsp3) is 0.667. The molecule has 0 amide bonds. The van der Waals surface area contributed by atoms with Gasteiger partial charge in [0.25, 0.3) is 0 Å². The number of hydrogen-bond donors (Lipinski definition) is 1. The Bertz CT molecular complexity index is 380. The molecule has 0 saturated heterocycles. The van der Waals surface area contributed by atoms with Gasteiger partial charge < -0.3 is 5.32 Å². The summed E-state index contributed by atoms with van der Waals surface area (Å²) in [5.74, 6) is -2.36. The van der Waals surface area contributed by atoms with Crippen LogP contribution < -0.4 is 5.32 Å². The molecule has 1 aliphatic carbocycles. The van der Waals surface area contributed by atoms with Gasteiger partial charge in [0.1, 0.15) is 0 Å². The highest BCUT2D eigenvalue weighted by Gasteiger charge is 2.40. The van der Waals surface area contributed by atoms with Crippen molar-refractivity contribution in [1.29, 1.82) is 0 Å². The van der Waals surface area contributed by atoms with Crippen LogP contribution in [0.25, 0.3) is 0 Å². The van der Waals surface area contributed by atoms with Crippen molar-refractivity contribution in [3.05, 3.63) is 21.3 Å². The van der Waals surface area contributed by atoms with Gasteiger partial charge in [0.2, 0.25) is 5.92 Å². The van der Waals surface area contributed by atoms with Gasteiger partial charge in [-0.1, -0.05) is 11.6 Å². The molecular formula is C12H16ClF2NS. The molecule has 96 valence electrons. The van der Waals surface area contributed by atoms with E-state index in [1.54, 1.807) is 11.3 Å². The molecule has 5 heteroatoms. The lowest BCUT2D eigenvalue weighted by molar-refractivity contribution is 0.00435. The number of alkyl halides is 2. The molecule has 1 saturated carbocycles. The summed E-state index contributed by atoms with van der Waals surface area (Å²) in [6.07, 6.45) is 1.42. The van der Waals surface area contributed by atoms with Gasteiger partial charge >= 0.3 is 0 Å². The standard InChI is InChI=1S/C12H16ClF2NS/c1-16-10(11-9(13)3-5-17-11)6-8-2-4-12(14,15)7-8/h3,5,8,10,16H,2,4,6-7H2,1H3. The number of rotatable bonds is 4. The minimum Gasteiger partial charge on any atom is -0.312 e. The molecule has 1 aliphatic rings. The molecule has 17 heavy (non-hydrogen) atoms. The van der Waals surface area contributed by atoms with Gasteiger partial charge in [0.05, 0.1) is 5.02 Å². The molecule has 2 rings (SSSR count). The zero-order valence-corrected chi connectivity index (χ0v) is 11.3. The van der Waals surface area contributed by atoms with E-state index in [1.165, 1.54) is 0 Å². The van der Waals surface area contributed by atoms with E-state index in [9.17, 15) is 8.78 Å². The fourth-order valence-corrected chi connectivity index (χ4v) is 3.80. The van der Waals surface area contributed by atoms with Crippen molar-refractivity contribution in [2.45, 2.75) is 37.6 Å². The highest BCUT2D eigenvalue weighted by atomic mass is 35.5. The Labute approximate surface area is 109 Å². The first-order chi connectivity index (χ1) is 8.02. The fourth-order valence-electron chi connectivity index (χ4n) is 2.49. The van der Waals surface area contributed by atoms with E-state index in [0.29, 0.717) is 6.42 Å². The van der Waals surface area contributed by atoms with E-state index in [4.69, 9.17) is 11.6 Å². The minimum absolute atomic E-state index is 0.0220. The Hall–Kier alpha value is -0.190. The SMILES string of the molecule is CNC(CC1CCC(F)(F)C1)c1sccc1Cl. The third-order valence-electron chi connectivity index (χ3n) is 3.38.